The van der Waals surface area contributed by atoms with Crippen molar-refractivity contribution in [2.75, 3.05) is 18.9 Å². The number of imide groups is 1. The summed E-state index contributed by atoms with van der Waals surface area (Å²) >= 11 is 0. The zero-order valence-corrected chi connectivity index (χ0v) is 20.8. The predicted octanol–water partition coefficient (Wildman–Crippen LogP) is 3.31. The first kappa shape index (κ1) is 23.5. The van der Waals surface area contributed by atoms with Crippen molar-refractivity contribution in [2.45, 2.75) is 56.7 Å². The Bertz CT molecular complexity index is 1310. The molecular formula is C28H30N4O5. The molecule has 1 spiro atoms. The monoisotopic (exact) mass is 502 g/mol. The van der Waals surface area contributed by atoms with Crippen LogP contribution >= 0.6 is 0 Å². The van der Waals surface area contributed by atoms with Crippen LogP contribution in [0.25, 0.3) is 0 Å². The van der Waals surface area contributed by atoms with Crippen LogP contribution in [0.1, 0.15) is 47.9 Å². The molecule has 0 radical (unpaired) electrons. The van der Waals surface area contributed by atoms with Crippen molar-refractivity contribution in [1.82, 2.24) is 15.1 Å². The summed E-state index contributed by atoms with van der Waals surface area (Å²) in [6.45, 7) is 0.165. The normalized spacial score (nSPS) is 24.4. The van der Waals surface area contributed by atoms with Crippen LogP contribution in [0.5, 0.6) is 0 Å². The third kappa shape index (κ3) is 4.02. The zero-order valence-electron chi connectivity index (χ0n) is 20.8. The smallest absolute Gasteiger partial charge is 0.418 e. The van der Waals surface area contributed by atoms with Crippen molar-refractivity contribution in [3.63, 3.8) is 0 Å². The fourth-order valence-electron chi connectivity index (χ4n) is 6.11. The Morgan fingerprint density at radius 3 is 2.57 bits per heavy atom. The second kappa shape index (κ2) is 8.90. The number of aryl methyl sites for hydroxylation is 2. The van der Waals surface area contributed by atoms with Gasteiger partial charge in [0.05, 0.1) is 0 Å². The van der Waals surface area contributed by atoms with Gasteiger partial charge in [-0.2, -0.15) is 0 Å². The van der Waals surface area contributed by atoms with Crippen LogP contribution in [0.4, 0.5) is 15.3 Å². The molecule has 2 aliphatic carbocycles. The highest BCUT2D eigenvalue weighted by Gasteiger charge is 2.58. The molecule has 1 saturated carbocycles. The van der Waals surface area contributed by atoms with Gasteiger partial charge in [0.1, 0.15) is 6.54 Å². The largest absolute Gasteiger partial charge is 0.427 e. The van der Waals surface area contributed by atoms with Gasteiger partial charge in [-0.05, 0) is 66.8 Å². The summed E-state index contributed by atoms with van der Waals surface area (Å²) in [4.78, 5) is 54.8. The number of urea groups is 1. The van der Waals surface area contributed by atoms with Crippen LogP contribution in [-0.2, 0) is 39.3 Å². The summed E-state index contributed by atoms with van der Waals surface area (Å²) in [7, 11) is 1.53. The second-order valence-corrected chi connectivity index (χ2v) is 10.4. The summed E-state index contributed by atoms with van der Waals surface area (Å²) in [6.07, 6.45) is 4.06. The van der Waals surface area contributed by atoms with Crippen LogP contribution in [-0.4, -0.2) is 53.4 Å². The van der Waals surface area contributed by atoms with E-state index in [4.69, 9.17) is 4.74 Å². The van der Waals surface area contributed by atoms with Crippen LogP contribution in [0.2, 0.25) is 0 Å². The van der Waals surface area contributed by atoms with Gasteiger partial charge in [-0.25, -0.2) is 14.5 Å². The van der Waals surface area contributed by atoms with E-state index in [1.54, 1.807) is 18.2 Å². The van der Waals surface area contributed by atoms with Crippen molar-refractivity contribution >= 4 is 29.6 Å². The molecule has 192 valence electrons. The van der Waals surface area contributed by atoms with Gasteiger partial charge in [-0.1, -0.05) is 30.3 Å². The van der Waals surface area contributed by atoms with Crippen molar-refractivity contribution in [3.05, 3.63) is 64.7 Å². The Morgan fingerprint density at radius 1 is 1.03 bits per heavy atom. The number of anilines is 1. The fourth-order valence-corrected chi connectivity index (χ4v) is 6.11. The topological polar surface area (TPSA) is 108 Å². The van der Waals surface area contributed by atoms with Gasteiger partial charge in [0.15, 0.2) is 0 Å². The van der Waals surface area contributed by atoms with Gasteiger partial charge >= 0.3 is 12.1 Å². The van der Waals surface area contributed by atoms with Crippen molar-refractivity contribution in [1.29, 1.82) is 0 Å². The fraction of sp³-hybridized carbons (Fsp3) is 0.429. The number of rotatable bonds is 4. The second-order valence-electron chi connectivity index (χ2n) is 10.4. The van der Waals surface area contributed by atoms with E-state index < -0.39 is 17.6 Å². The van der Waals surface area contributed by atoms with Crippen molar-refractivity contribution in [2.24, 2.45) is 5.92 Å². The minimum atomic E-state index is -1.42. The molecule has 4 aliphatic rings. The molecule has 0 aromatic heterocycles. The first-order valence-electron chi connectivity index (χ1n) is 12.9. The van der Waals surface area contributed by atoms with Crippen molar-refractivity contribution < 1.29 is 23.9 Å². The number of carbonyl (C=O) groups excluding carboxylic acids is 4. The first-order chi connectivity index (χ1) is 17.9. The van der Waals surface area contributed by atoms with E-state index >= 15 is 0 Å². The molecule has 9 nitrogen and oxygen atoms in total. The summed E-state index contributed by atoms with van der Waals surface area (Å²) in [5.74, 6) is -0.237. The molecule has 1 unspecified atom stereocenters. The zero-order chi connectivity index (χ0) is 25.7. The van der Waals surface area contributed by atoms with Gasteiger partial charge in [0, 0.05) is 37.3 Å². The molecule has 2 aliphatic heterocycles. The number of benzene rings is 2. The minimum absolute atomic E-state index is 0.112. The molecule has 9 heteroatoms. The molecule has 2 atom stereocenters. The number of nitrogens with zero attached hydrogens (tertiary/aromatic N) is 2. The molecule has 1 saturated heterocycles. The Hall–Kier alpha value is -3.88. The molecule has 6 rings (SSSR count). The van der Waals surface area contributed by atoms with Gasteiger partial charge in [0.2, 0.25) is 11.5 Å². The molecule has 0 bridgehead atoms. The maximum Gasteiger partial charge on any atom is 0.418 e. The van der Waals surface area contributed by atoms with Gasteiger partial charge in [-0.3, -0.25) is 9.59 Å². The minimum Gasteiger partial charge on any atom is -0.427 e. The maximum absolute atomic E-state index is 13.7. The lowest BCUT2D eigenvalue weighted by Gasteiger charge is -2.31. The predicted molar refractivity (Wildman–Crippen MR) is 135 cm³/mol. The standard InChI is InChI=1S/C28H30N4O5/c1-29-26(35)30-21-9-10-22-19(14-21)12-13-28(22)25(34)32(27(36)37-28)16-24(33)31-15-20-5-3-2-4-17(20)8-11-23(31)18-6-7-18/h2-5,9-10,14,18,23H,6-8,11-13,15-16H2,1H3,(H2,29,30,35)/t23?,28-/m0/s1. The summed E-state index contributed by atoms with van der Waals surface area (Å²) in [6, 6.07) is 13.1. The Morgan fingerprint density at radius 2 is 1.81 bits per heavy atom. The third-order valence-corrected chi connectivity index (χ3v) is 8.19. The maximum atomic E-state index is 13.7. The van der Waals surface area contributed by atoms with E-state index in [2.05, 4.69) is 22.8 Å². The van der Waals surface area contributed by atoms with Crippen LogP contribution in [0.15, 0.2) is 42.5 Å². The molecule has 2 heterocycles. The number of ether oxygens (including phenoxy) is 1. The van der Waals surface area contributed by atoms with E-state index in [0.29, 0.717) is 36.6 Å². The highest BCUT2D eigenvalue weighted by Crippen LogP contribution is 2.46. The molecule has 5 amide bonds. The molecular weight excluding hydrogens is 472 g/mol. The lowest BCUT2D eigenvalue weighted by molar-refractivity contribution is -0.143. The summed E-state index contributed by atoms with van der Waals surface area (Å²) in [5, 5.41) is 5.22. The Balaban J connectivity index is 1.23. The lowest BCUT2D eigenvalue weighted by atomic mass is 9.94. The van der Waals surface area contributed by atoms with E-state index in [1.165, 1.54) is 12.6 Å². The number of carbonyl (C=O) groups is 4. The molecule has 2 aromatic rings. The summed E-state index contributed by atoms with van der Waals surface area (Å²) in [5.41, 5.74) is 3.00. The average molecular weight is 503 g/mol. The van der Waals surface area contributed by atoms with Gasteiger partial charge in [-0.15, -0.1) is 0 Å². The number of amides is 5. The van der Waals surface area contributed by atoms with Crippen LogP contribution < -0.4 is 10.6 Å². The van der Waals surface area contributed by atoms with Crippen LogP contribution in [0.3, 0.4) is 0 Å². The molecule has 2 fully saturated rings. The summed E-state index contributed by atoms with van der Waals surface area (Å²) < 4.78 is 5.73. The number of hydrogen-bond acceptors (Lipinski definition) is 5. The SMILES string of the molecule is CNC(=O)Nc1ccc2c(c1)CC[C@]21OC(=O)N(CC(=O)N2Cc3ccccc3CCC2C2CC2)C1=O. The van der Waals surface area contributed by atoms with Crippen molar-refractivity contribution in [3.8, 4) is 0 Å². The first-order valence-corrected chi connectivity index (χ1v) is 12.9. The number of hydrogen-bond donors (Lipinski definition) is 2. The van der Waals surface area contributed by atoms with Crippen LogP contribution in [0, 0.1) is 5.92 Å². The van der Waals surface area contributed by atoms with E-state index in [1.807, 2.05) is 17.0 Å². The Labute approximate surface area is 215 Å². The van der Waals surface area contributed by atoms with E-state index in [9.17, 15) is 19.2 Å². The molecule has 37 heavy (non-hydrogen) atoms. The quantitative estimate of drug-likeness (QED) is 0.667. The van der Waals surface area contributed by atoms with E-state index in [0.717, 1.165) is 41.7 Å². The molecule has 2 aromatic carbocycles. The number of nitrogens with one attached hydrogen (secondary N) is 2. The highest BCUT2D eigenvalue weighted by atomic mass is 16.6. The average Bonchev–Trinajstić information content (AvgIpc) is 3.66. The van der Waals surface area contributed by atoms with Gasteiger partial charge in [0.25, 0.3) is 5.91 Å². The lowest BCUT2D eigenvalue weighted by Crippen LogP contribution is -2.48. The Kier molecular flexibility index (Phi) is 5.66. The number of fused-ring (bicyclic) bond motifs is 3. The highest BCUT2D eigenvalue weighted by molar-refractivity contribution is 6.06. The van der Waals surface area contributed by atoms with Gasteiger partial charge < -0.3 is 20.3 Å². The van der Waals surface area contributed by atoms with E-state index in [-0.39, 0.29) is 24.5 Å². The molecule has 2 N–H and O–H groups in total. The third-order valence-electron chi connectivity index (χ3n) is 8.19.